The summed E-state index contributed by atoms with van der Waals surface area (Å²) in [5.74, 6) is 0. The third kappa shape index (κ3) is 6.40. The van der Waals surface area contributed by atoms with Gasteiger partial charge in [0.15, 0.2) is 0 Å². The minimum absolute atomic E-state index is 0.751. The molecule has 0 aromatic heterocycles. The second-order valence-corrected chi connectivity index (χ2v) is 3.45. The van der Waals surface area contributed by atoms with Gasteiger partial charge in [0.1, 0.15) is 0 Å². The van der Waals surface area contributed by atoms with E-state index in [0.717, 1.165) is 9.28 Å². The average molecular weight is 287 g/mol. The number of allylic oxidation sites excluding steroid dienone is 8. The molecule has 0 aromatic rings. The van der Waals surface area contributed by atoms with Gasteiger partial charge in [-0.15, -0.1) is 0 Å². The normalized spacial score (nSPS) is 14.3. The Labute approximate surface area is 93.5 Å². The Morgan fingerprint density at radius 1 is 1.23 bits per heavy atom. The van der Waals surface area contributed by atoms with Gasteiger partial charge in [0.05, 0.1) is 0 Å². The highest BCUT2D eigenvalue weighted by molar-refractivity contribution is 14.1. The topological polar surface area (TPSA) is 26.0 Å². The standard InChI is InChI=1S/C11H14IN/c1-3-5-6-7-9-11(13)10(12)8-4-2/h3-9H,2,13H2,1H3/b5-3+,7-6-,10-8-,11-9+. The van der Waals surface area contributed by atoms with Crippen LogP contribution in [-0.2, 0) is 0 Å². The van der Waals surface area contributed by atoms with Crippen molar-refractivity contribution in [3.63, 3.8) is 0 Å². The quantitative estimate of drug-likeness (QED) is 0.622. The van der Waals surface area contributed by atoms with Crippen LogP contribution in [-0.4, -0.2) is 0 Å². The van der Waals surface area contributed by atoms with Gasteiger partial charge in [-0.2, -0.15) is 0 Å². The van der Waals surface area contributed by atoms with Crippen LogP contribution in [0.25, 0.3) is 0 Å². The van der Waals surface area contributed by atoms with E-state index in [9.17, 15) is 0 Å². The van der Waals surface area contributed by atoms with E-state index >= 15 is 0 Å². The maximum Gasteiger partial charge on any atom is 0.0449 e. The van der Waals surface area contributed by atoms with Gasteiger partial charge < -0.3 is 5.73 Å². The summed E-state index contributed by atoms with van der Waals surface area (Å²) in [5, 5.41) is 0. The fraction of sp³-hybridized carbons (Fsp3) is 0.0909. The SMILES string of the molecule is C=C/C=C(I)/C(N)=C\C=C/C=C/C. The van der Waals surface area contributed by atoms with Crippen molar-refractivity contribution in [3.8, 4) is 0 Å². The molecule has 0 aromatic carbocycles. The molecule has 0 unspecified atom stereocenters. The van der Waals surface area contributed by atoms with E-state index in [4.69, 9.17) is 5.73 Å². The summed E-state index contributed by atoms with van der Waals surface area (Å²) in [4.78, 5) is 0. The van der Waals surface area contributed by atoms with E-state index in [2.05, 4.69) is 29.2 Å². The van der Waals surface area contributed by atoms with Crippen molar-refractivity contribution in [2.24, 2.45) is 5.73 Å². The number of hydrogen-bond donors (Lipinski definition) is 1. The molecule has 2 heteroatoms. The average Bonchev–Trinajstić information content (AvgIpc) is 2.12. The molecule has 1 nitrogen and oxygen atoms in total. The van der Waals surface area contributed by atoms with E-state index in [1.165, 1.54) is 0 Å². The van der Waals surface area contributed by atoms with Gasteiger partial charge in [0, 0.05) is 9.28 Å². The highest BCUT2D eigenvalue weighted by Gasteiger charge is 1.90. The van der Waals surface area contributed by atoms with Crippen LogP contribution in [0.2, 0.25) is 0 Å². The van der Waals surface area contributed by atoms with E-state index in [1.807, 2.05) is 43.4 Å². The Morgan fingerprint density at radius 3 is 2.46 bits per heavy atom. The Hall–Kier alpha value is -0.770. The Balaban J connectivity index is 4.32. The smallest absolute Gasteiger partial charge is 0.0449 e. The lowest BCUT2D eigenvalue weighted by atomic mass is 10.3. The minimum atomic E-state index is 0.751. The maximum atomic E-state index is 5.75. The zero-order valence-electron chi connectivity index (χ0n) is 7.70. The van der Waals surface area contributed by atoms with Gasteiger partial charge in [-0.3, -0.25) is 0 Å². The number of rotatable bonds is 4. The second kappa shape index (κ2) is 7.86. The van der Waals surface area contributed by atoms with Gasteiger partial charge in [-0.25, -0.2) is 0 Å². The first-order valence-corrected chi connectivity index (χ1v) is 5.04. The molecule has 0 radical (unpaired) electrons. The number of hydrogen-bond acceptors (Lipinski definition) is 1. The molecule has 0 amide bonds. The molecule has 70 valence electrons. The Kier molecular flexibility index (Phi) is 7.39. The minimum Gasteiger partial charge on any atom is -0.398 e. The van der Waals surface area contributed by atoms with Crippen molar-refractivity contribution < 1.29 is 0 Å². The van der Waals surface area contributed by atoms with E-state index in [1.54, 1.807) is 6.08 Å². The summed E-state index contributed by atoms with van der Waals surface area (Å²) < 4.78 is 0.998. The van der Waals surface area contributed by atoms with Gasteiger partial charge in [-0.1, -0.05) is 37.0 Å². The van der Waals surface area contributed by atoms with Gasteiger partial charge in [-0.05, 0) is 41.7 Å². The maximum absolute atomic E-state index is 5.75. The second-order valence-electron chi connectivity index (χ2n) is 2.28. The highest BCUT2D eigenvalue weighted by Crippen LogP contribution is 2.12. The van der Waals surface area contributed by atoms with E-state index < -0.39 is 0 Å². The molecule has 0 aliphatic carbocycles. The molecule has 13 heavy (non-hydrogen) atoms. The van der Waals surface area contributed by atoms with Crippen molar-refractivity contribution in [3.05, 3.63) is 58.4 Å². The van der Waals surface area contributed by atoms with Crippen molar-refractivity contribution in [2.45, 2.75) is 6.92 Å². The number of halogens is 1. The van der Waals surface area contributed by atoms with Gasteiger partial charge >= 0.3 is 0 Å². The van der Waals surface area contributed by atoms with Crippen molar-refractivity contribution in [1.29, 1.82) is 0 Å². The highest BCUT2D eigenvalue weighted by atomic mass is 127. The van der Waals surface area contributed by atoms with Crippen LogP contribution in [0.3, 0.4) is 0 Å². The van der Waals surface area contributed by atoms with Crippen LogP contribution in [0.15, 0.2) is 58.4 Å². The van der Waals surface area contributed by atoms with Crippen LogP contribution in [0.4, 0.5) is 0 Å². The summed E-state index contributed by atoms with van der Waals surface area (Å²) >= 11 is 2.17. The predicted molar refractivity (Wildman–Crippen MR) is 68.5 cm³/mol. The van der Waals surface area contributed by atoms with E-state index in [-0.39, 0.29) is 0 Å². The zero-order chi connectivity index (χ0) is 10.1. The first-order chi connectivity index (χ1) is 6.22. The molecule has 0 spiro atoms. The molecular weight excluding hydrogens is 273 g/mol. The first-order valence-electron chi connectivity index (χ1n) is 3.96. The molecule has 0 saturated carbocycles. The summed E-state index contributed by atoms with van der Waals surface area (Å²) in [6, 6.07) is 0. The van der Waals surface area contributed by atoms with Crippen molar-refractivity contribution >= 4 is 22.6 Å². The fourth-order valence-corrected chi connectivity index (χ4v) is 1.05. The van der Waals surface area contributed by atoms with Crippen LogP contribution in [0.1, 0.15) is 6.92 Å². The summed E-state index contributed by atoms with van der Waals surface area (Å²) in [6.07, 6.45) is 13.2. The van der Waals surface area contributed by atoms with Gasteiger partial charge in [0.25, 0.3) is 0 Å². The first kappa shape index (κ1) is 12.2. The molecule has 0 heterocycles. The lowest BCUT2D eigenvalue weighted by Gasteiger charge is -1.95. The molecule has 0 fully saturated rings. The van der Waals surface area contributed by atoms with Crippen LogP contribution < -0.4 is 5.73 Å². The van der Waals surface area contributed by atoms with Crippen molar-refractivity contribution in [2.75, 3.05) is 0 Å². The molecule has 2 N–H and O–H groups in total. The largest absolute Gasteiger partial charge is 0.398 e. The van der Waals surface area contributed by atoms with Crippen LogP contribution in [0, 0.1) is 0 Å². The molecular formula is C11H14IN. The third-order valence-electron chi connectivity index (χ3n) is 1.23. The zero-order valence-corrected chi connectivity index (χ0v) is 9.86. The Morgan fingerprint density at radius 2 is 1.92 bits per heavy atom. The molecule has 0 saturated heterocycles. The van der Waals surface area contributed by atoms with Crippen LogP contribution >= 0.6 is 22.6 Å². The lowest BCUT2D eigenvalue weighted by molar-refractivity contribution is 1.42. The monoisotopic (exact) mass is 287 g/mol. The summed E-state index contributed by atoms with van der Waals surface area (Å²) in [5.41, 5.74) is 6.50. The summed E-state index contributed by atoms with van der Waals surface area (Å²) in [7, 11) is 0. The molecule has 0 aliphatic rings. The van der Waals surface area contributed by atoms with Gasteiger partial charge in [0.2, 0.25) is 0 Å². The summed E-state index contributed by atoms with van der Waals surface area (Å²) in [6.45, 7) is 5.57. The lowest BCUT2D eigenvalue weighted by Crippen LogP contribution is -1.95. The molecule has 0 bridgehead atoms. The predicted octanol–water partition coefficient (Wildman–Crippen LogP) is 3.47. The molecule has 0 rings (SSSR count). The van der Waals surface area contributed by atoms with E-state index in [0.29, 0.717) is 0 Å². The molecule has 0 atom stereocenters. The fourth-order valence-electron chi connectivity index (χ4n) is 0.614. The Bertz CT molecular complexity index is 270. The van der Waals surface area contributed by atoms with Crippen LogP contribution in [0.5, 0.6) is 0 Å². The number of nitrogens with two attached hydrogens (primary N) is 1. The third-order valence-corrected chi connectivity index (χ3v) is 2.21. The molecule has 0 aliphatic heterocycles. The van der Waals surface area contributed by atoms with Crippen molar-refractivity contribution in [1.82, 2.24) is 0 Å².